The molecule has 0 aromatic heterocycles. The summed E-state index contributed by atoms with van der Waals surface area (Å²) in [4.78, 5) is 1.28. The fraction of sp³-hybridized carbons (Fsp3) is 0.667. The monoisotopic (exact) mass is 307 g/mol. The molecule has 1 fully saturated rings. The van der Waals surface area contributed by atoms with Crippen molar-refractivity contribution in [3.63, 3.8) is 0 Å². The summed E-state index contributed by atoms with van der Waals surface area (Å²) in [5, 5.41) is 14.1. The second-order valence-corrected chi connectivity index (χ2v) is 7.79. The van der Waals surface area contributed by atoms with Crippen molar-refractivity contribution < 1.29 is 5.11 Å². The predicted octanol–water partition coefficient (Wildman–Crippen LogP) is 4.22. The lowest BCUT2D eigenvalue weighted by molar-refractivity contribution is 0.0273. The molecule has 3 heteroatoms. The normalized spacial score (nSPS) is 18.1. The molecule has 0 unspecified atom stereocenters. The van der Waals surface area contributed by atoms with E-state index >= 15 is 0 Å². The molecule has 0 heterocycles. The molecular formula is C18H29NOS. The Bertz CT molecular complexity index is 427. The molecule has 0 spiro atoms. The average molecular weight is 308 g/mol. The Hall–Kier alpha value is -0.510. The van der Waals surface area contributed by atoms with Crippen LogP contribution in [0.4, 0.5) is 0 Å². The molecule has 1 aromatic rings. The third-order valence-electron chi connectivity index (χ3n) is 4.07. The van der Waals surface area contributed by atoms with Crippen molar-refractivity contribution in [3.05, 3.63) is 29.8 Å². The Kier molecular flexibility index (Phi) is 6.59. The standard InChI is InChI=1S/C18H29NOS/c1-15(2)12-19-13-16-7-6-8-17(11-16)21-14-18(20)9-4-3-5-10-18/h6-8,11,15,19-20H,3-5,9-10,12-14H2,1-2H3. The van der Waals surface area contributed by atoms with Crippen LogP contribution < -0.4 is 5.32 Å². The van der Waals surface area contributed by atoms with Gasteiger partial charge in [-0.3, -0.25) is 0 Å². The van der Waals surface area contributed by atoms with Gasteiger partial charge in [-0.25, -0.2) is 0 Å². The van der Waals surface area contributed by atoms with Crippen LogP contribution >= 0.6 is 11.8 Å². The highest BCUT2D eigenvalue weighted by Gasteiger charge is 2.28. The quantitative estimate of drug-likeness (QED) is 0.740. The van der Waals surface area contributed by atoms with Crippen LogP contribution in [0.2, 0.25) is 0 Å². The van der Waals surface area contributed by atoms with Crippen molar-refractivity contribution in [2.24, 2.45) is 5.92 Å². The van der Waals surface area contributed by atoms with Crippen molar-refractivity contribution in [1.82, 2.24) is 5.32 Å². The van der Waals surface area contributed by atoms with E-state index in [2.05, 4.69) is 43.4 Å². The minimum atomic E-state index is -0.436. The Labute approximate surface area is 133 Å². The lowest BCUT2D eigenvalue weighted by atomic mass is 9.86. The van der Waals surface area contributed by atoms with Crippen molar-refractivity contribution >= 4 is 11.8 Å². The molecule has 1 aromatic carbocycles. The topological polar surface area (TPSA) is 32.3 Å². The number of hydrogen-bond acceptors (Lipinski definition) is 3. The molecular weight excluding hydrogens is 278 g/mol. The SMILES string of the molecule is CC(C)CNCc1cccc(SCC2(O)CCCCC2)c1. The van der Waals surface area contributed by atoms with E-state index < -0.39 is 5.60 Å². The van der Waals surface area contributed by atoms with Crippen LogP contribution in [-0.4, -0.2) is 23.0 Å². The molecule has 118 valence electrons. The highest BCUT2D eigenvalue weighted by atomic mass is 32.2. The zero-order chi connectivity index (χ0) is 15.1. The van der Waals surface area contributed by atoms with Gasteiger partial charge in [0.25, 0.3) is 0 Å². The molecule has 2 N–H and O–H groups in total. The molecule has 1 aliphatic rings. The molecule has 1 aliphatic carbocycles. The Morgan fingerprint density at radius 1 is 1.24 bits per heavy atom. The van der Waals surface area contributed by atoms with E-state index in [-0.39, 0.29) is 0 Å². The van der Waals surface area contributed by atoms with Gasteiger partial charge in [-0.1, -0.05) is 45.2 Å². The first-order valence-corrected chi connectivity index (χ1v) is 9.21. The fourth-order valence-corrected chi connectivity index (χ4v) is 3.96. The Morgan fingerprint density at radius 2 is 2.00 bits per heavy atom. The summed E-state index contributed by atoms with van der Waals surface area (Å²) in [6, 6.07) is 8.71. The van der Waals surface area contributed by atoms with Gasteiger partial charge in [-0.15, -0.1) is 11.8 Å². The summed E-state index contributed by atoms with van der Waals surface area (Å²) >= 11 is 1.80. The maximum atomic E-state index is 10.6. The maximum Gasteiger partial charge on any atom is 0.0741 e. The summed E-state index contributed by atoms with van der Waals surface area (Å²) < 4.78 is 0. The van der Waals surface area contributed by atoms with E-state index in [0.717, 1.165) is 31.7 Å². The number of benzene rings is 1. The number of rotatable bonds is 7. The van der Waals surface area contributed by atoms with Gasteiger partial charge in [0.2, 0.25) is 0 Å². The van der Waals surface area contributed by atoms with E-state index in [1.165, 1.54) is 29.7 Å². The van der Waals surface area contributed by atoms with Crippen LogP contribution in [0.25, 0.3) is 0 Å². The van der Waals surface area contributed by atoms with Gasteiger partial charge < -0.3 is 10.4 Å². The number of hydrogen-bond donors (Lipinski definition) is 2. The first-order chi connectivity index (χ1) is 10.1. The van der Waals surface area contributed by atoms with Gasteiger partial charge in [0, 0.05) is 17.2 Å². The van der Waals surface area contributed by atoms with Crippen LogP contribution in [0.3, 0.4) is 0 Å². The largest absolute Gasteiger partial charge is 0.389 e. The number of nitrogens with one attached hydrogen (secondary N) is 1. The second-order valence-electron chi connectivity index (χ2n) is 6.75. The molecule has 0 saturated heterocycles. The molecule has 0 bridgehead atoms. The van der Waals surface area contributed by atoms with Crippen LogP contribution in [0.1, 0.15) is 51.5 Å². The van der Waals surface area contributed by atoms with Gasteiger partial charge in [0.1, 0.15) is 0 Å². The van der Waals surface area contributed by atoms with Crippen LogP contribution in [0.5, 0.6) is 0 Å². The van der Waals surface area contributed by atoms with E-state index in [1.807, 2.05) is 0 Å². The summed E-state index contributed by atoms with van der Waals surface area (Å²) in [7, 11) is 0. The minimum absolute atomic E-state index is 0.436. The van der Waals surface area contributed by atoms with Gasteiger partial charge in [0.05, 0.1) is 5.60 Å². The smallest absolute Gasteiger partial charge is 0.0741 e. The molecule has 2 nitrogen and oxygen atoms in total. The summed E-state index contributed by atoms with van der Waals surface area (Å²) in [6.45, 7) is 6.43. The van der Waals surface area contributed by atoms with Crippen molar-refractivity contribution in [1.29, 1.82) is 0 Å². The van der Waals surface area contributed by atoms with E-state index in [1.54, 1.807) is 11.8 Å². The highest BCUT2D eigenvalue weighted by Crippen LogP contribution is 2.33. The zero-order valence-electron chi connectivity index (χ0n) is 13.4. The molecule has 21 heavy (non-hydrogen) atoms. The van der Waals surface area contributed by atoms with Crippen molar-refractivity contribution in [3.8, 4) is 0 Å². The molecule has 0 atom stereocenters. The van der Waals surface area contributed by atoms with Crippen LogP contribution in [-0.2, 0) is 6.54 Å². The second kappa shape index (κ2) is 8.21. The average Bonchev–Trinajstić information content (AvgIpc) is 2.46. The Balaban J connectivity index is 1.82. The summed E-state index contributed by atoms with van der Waals surface area (Å²) in [6.07, 6.45) is 5.57. The number of aliphatic hydroxyl groups is 1. The highest BCUT2D eigenvalue weighted by molar-refractivity contribution is 7.99. The van der Waals surface area contributed by atoms with Gasteiger partial charge in [-0.05, 0) is 43.0 Å². The van der Waals surface area contributed by atoms with Gasteiger partial charge >= 0.3 is 0 Å². The zero-order valence-corrected chi connectivity index (χ0v) is 14.2. The first kappa shape index (κ1) is 16.9. The van der Waals surface area contributed by atoms with Gasteiger partial charge in [-0.2, -0.15) is 0 Å². The Morgan fingerprint density at radius 3 is 2.71 bits per heavy atom. The van der Waals surface area contributed by atoms with Crippen LogP contribution in [0, 0.1) is 5.92 Å². The van der Waals surface area contributed by atoms with Gasteiger partial charge in [0.15, 0.2) is 0 Å². The van der Waals surface area contributed by atoms with E-state index in [4.69, 9.17) is 0 Å². The third-order valence-corrected chi connectivity index (χ3v) is 5.34. The summed E-state index contributed by atoms with van der Waals surface area (Å²) in [5.41, 5.74) is 0.894. The lowest BCUT2D eigenvalue weighted by Crippen LogP contribution is -2.33. The van der Waals surface area contributed by atoms with Crippen LogP contribution in [0.15, 0.2) is 29.2 Å². The molecule has 1 saturated carbocycles. The van der Waals surface area contributed by atoms with Crippen molar-refractivity contribution in [2.45, 2.75) is 63.0 Å². The lowest BCUT2D eigenvalue weighted by Gasteiger charge is -2.31. The number of thioether (sulfide) groups is 1. The van der Waals surface area contributed by atoms with E-state index in [0.29, 0.717) is 5.92 Å². The van der Waals surface area contributed by atoms with Crippen molar-refractivity contribution in [2.75, 3.05) is 12.3 Å². The minimum Gasteiger partial charge on any atom is -0.389 e. The predicted molar refractivity (Wildman–Crippen MR) is 91.7 cm³/mol. The van der Waals surface area contributed by atoms with E-state index in [9.17, 15) is 5.11 Å². The molecule has 0 aliphatic heterocycles. The molecule has 0 radical (unpaired) electrons. The molecule has 0 amide bonds. The molecule has 2 rings (SSSR count). The first-order valence-electron chi connectivity index (χ1n) is 8.22. The third kappa shape index (κ3) is 6.01. The fourth-order valence-electron chi connectivity index (χ4n) is 2.82. The summed E-state index contributed by atoms with van der Waals surface area (Å²) in [5.74, 6) is 1.51. The maximum absolute atomic E-state index is 10.6.